The SMILES string of the molecule is CCc1noc(C)c1C(=O)NNC(=O)c1cccc(S(=O)(=O)N(C)C)c1. The van der Waals surface area contributed by atoms with Gasteiger partial charge in [-0.25, -0.2) is 12.7 Å². The maximum Gasteiger partial charge on any atom is 0.275 e. The fourth-order valence-electron chi connectivity index (χ4n) is 2.21. The second-order valence-electron chi connectivity index (χ2n) is 5.64. The third-order valence-electron chi connectivity index (χ3n) is 3.66. The van der Waals surface area contributed by atoms with E-state index in [0.29, 0.717) is 17.9 Å². The first kappa shape index (κ1) is 19.6. The van der Waals surface area contributed by atoms with Crippen molar-refractivity contribution in [2.75, 3.05) is 14.1 Å². The molecule has 0 bridgehead atoms. The van der Waals surface area contributed by atoms with Crippen LogP contribution in [0.15, 0.2) is 33.7 Å². The number of amides is 2. The van der Waals surface area contributed by atoms with E-state index in [4.69, 9.17) is 4.52 Å². The number of hydrazine groups is 1. The molecule has 26 heavy (non-hydrogen) atoms. The van der Waals surface area contributed by atoms with Crippen LogP contribution in [0.25, 0.3) is 0 Å². The van der Waals surface area contributed by atoms with Gasteiger partial charge in [0.05, 0.1) is 10.6 Å². The molecule has 0 aliphatic heterocycles. The van der Waals surface area contributed by atoms with Crippen molar-refractivity contribution in [1.29, 1.82) is 0 Å². The fraction of sp³-hybridized carbons (Fsp3) is 0.312. The maximum atomic E-state index is 12.2. The molecule has 0 atom stereocenters. The smallest absolute Gasteiger partial charge is 0.275 e. The van der Waals surface area contributed by atoms with Gasteiger partial charge in [0.2, 0.25) is 10.0 Å². The van der Waals surface area contributed by atoms with Crippen LogP contribution in [0.4, 0.5) is 0 Å². The molecule has 2 amide bonds. The van der Waals surface area contributed by atoms with Crippen molar-refractivity contribution in [3.63, 3.8) is 0 Å². The van der Waals surface area contributed by atoms with Crippen molar-refractivity contribution in [2.24, 2.45) is 0 Å². The van der Waals surface area contributed by atoms with E-state index in [9.17, 15) is 18.0 Å². The lowest BCUT2D eigenvalue weighted by atomic mass is 10.1. The number of rotatable bonds is 5. The van der Waals surface area contributed by atoms with Crippen molar-refractivity contribution in [3.8, 4) is 0 Å². The highest BCUT2D eigenvalue weighted by Gasteiger charge is 2.21. The lowest BCUT2D eigenvalue weighted by Gasteiger charge is -2.12. The van der Waals surface area contributed by atoms with E-state index in [1.807, 2.05) is 6.92 Å². The molecule has 10 heteroatoms. The zero-order valence-corrected chi connectivity index (χ0v) is 15.7. The summed E-state index contributed by atoms with van der Waals surface area (Å²) >= 11 is 0. The number of aromatic nitrogens is 1. The first-order valence-electron chi connectivity index (χ1n) is 7.77. The lowest BCUT2D eigenvalue weighted by molar-refractivity contribution is 0.0845. The molecule has 0 unspecified atom stereocenters. The summed E-state index contributed by atoms with van der Waals surface area (Å²) in [5.41, 5.74) is 5.37. The highest BCUT2D eigenvalue weighted by atomic mass is 32.2. The Morgan fingerprint density at radius 1 is 1.19 bits per heavy atom. The number of carbonyl (C=O) groups excluding carboxylic acids is 2. The number of aryl methyl sites for hydroxylation is 2. The summed E-state index contributed by atoms with van der Waals surface area (Å²) < 4.78 is 30.3. The van der Waals surface area contributed by atoms with Gasteiger partial charge in [0.15, 0.2) is 0 Å². The predicted molar refractivity (Wildman–Crippen MR) is 92.9 cm³/mol. The van der Waals surface area contributed by atoms with Crippen LogP contribution in [0.5, 0.6) is 0 Å². The first-order chi connectivity index (χ1) is 12.2. The van der Waals surface area contributed by atoms with Crippen LogP contribution in [0.2, 0.25) is 0 Å². The van der Waals surface area contributed by atoms with Crippen LogP contribution in [0.3, 0.4) is 0 Å². The van der Waals surface area contributed by atoms with Gasteiger partial charge in [0.1, 0.15) is 11.3 Å². The first-order valence-corrected chi connectivity index (χ1v) is 9.21. The summed E-state index contributed by atoms with van der Waals surface area (Å²) in [6.45, 7) is 3.42. The minimum Gasteiger partial charge on any atom is -0.361 e. The zero-order valence-electron chi connectivity index (χ0n) is 14.9. The van der Waals surface area contributed by atoms with Gasteiger partial charge in [-0.1, -0.05) is 18.1 Å². The van der Waals surface area contributed by atoms with E-state index in [1.54, 1.807) is 6.92 Å². The monoisotopic (exact) mass is 380 g/mol. The van der Waals surface area contributed by atoms with Crippen molar-refractivity contribution in [3.05, 3.63) is 46.8 Å². The Balaban J connectivity index is 2.14. The Bertz CT molecular complexity index is 934. The lowest BCUT2D eigenvalue weighted by Crippen LogP contribution is -2.42. The topological polar surface area (TPSA) is 122 Å². The Kier molecular flexibility index (Phi) is 5.78. The molecular formula is C16H20N4O5S. The number of carbonyl (C=O) groups is 2. The number of sulfonamides is 1. The van der Waals surface area contributed by atoms with Gasteiger partial charge in [0, 0.05) is 19.7 Å². The number of nitrogens with one attached hydrogen (secondary N) is 2. The van der Waals surface area contributed by atoms with E-state index < -0.39 is 21.8 Å². The molecule has 140 valence electrons. The molecule has 0 saturated carbocycles. The van der Waals surface area contributed by atoms with Crippen molar-refractivity contribution >= 4 is 21.8 Å². The van der Waals surface area contributed by atoms with Gasteiger partial charge in [-0.2, -0.15) is 0 Å². The van der Waals surface area contributed by atoms with Gasteiger partial charge in [0.25, 0.3) is 11.8 Å². The summed E-state index contributed by atoms with van der Waals surface area (Å²) in [5.74, 6) is -0.875. The molecule has 0 fully saturated rings. The van der Waals surface area contributed by atoms with Crippen LogP contribution in [0, 0.1) is 6.92 Å². The van der Waals surface area contributed by atoms with Gasteiger partial charge >= 0.3 is 0 Å². The van der Waals surface area contributed by atoms with E-state index in [1.165, 1.54) is 38.4 Å². The molecule has 0 saturated heterocycles. The molecule has 1 aromatic heterocycles. The zero-order chi connectivity index (χ0) is 19.5. The summed E-state index contributed by atoms with van der Waals surface area (Å²) in [6, 6.07) is 5.52. The molecule has 9 nitrogen and oxygen atoms in total. The standard InChI is InChI=1S/C16H20N4O5S/c1-5-13-14(10(2)25-19-13)16(22)18-17-15(21)11-7-6-8-12(9-11)26(23,24)20(3)4/h6-9H,5H2,1-4H3,(H,17,21)(H,18,22). The molecule has 0 aliphatic carbocycles. The Morgan fingerprint density at radius 3 is 2.46 bits per heavy atom. The van der Waals surface area contributed by atoms with Gasteiger partial charge < -0.3 is 4.52 Å². The van der Waals surface area contributed by atoms with Crippen molar-refractivity contribution in [1.82, 2.24) is 20.3 Å². The highest BCUT2D eigenvalue weighted by molar-refractivity contribution is 7.89. The fourth-order valence-corrected chi connectivity index (χ4v) is 3.16. The second-order valence-corrected chi connectivity index (χ2v) is 7.79. The van der Waals surface area contributed by atoms with Crippen LogP contribution < -0.4 is 10.9 Å². The molecule has 2 N–H and O–H groups in total. The van der Waals surface area contributed by atoms with Gasteiger partial charge in [-0.3, -0.25) is 20.4 Å². The second kappa shape index (κ2) is 7.67. The van der Waals surface area contributed by atoms with E-state index in [2.05, 4.69) is 16.0 Å². The van der Waals surface area contributed by atoms with Crippen molar-refractivity contribution in [2.45, 2.75) is 25.2 Å². The quantitative estimate of drug-likeness (QED) is 0.743. The van der Waals surface area contributed by atoms with E-state index >= 15 is 0 Å². The number of hydrogen-bond donors (Lipinski definition) is 2. The highest BCUT2D eigenvalue weighted by Crippen LogP contribution is 2.15. The molecule has 1 aromatic carbocycles. The van der Waals surface area contributed by atoms with Crippen LogP contribution >= 0.6 is 0 Å². The molecule has 0 aliphatic rings. The predicted octanol–water partition coefficient (Wildman–Crippen LogP) is 0.871. The summed E-state index contributed by atoms with van der Waals surface area (Å²) in [6.07, 6.45) is 0.498. The molecule has 1 heterocycles. The van der Waals surface area contributed by atoms with E-state index in [0.717, 1.165) is 4.31 Å². The summed E-state index contributed by atoms with van der Waals surface area (Å²) in [5, 5.41) is 3.78. The maximum absolute atomic E-state index is 12.2. The van der Waals surface area contributed by atoms with Crippen LogP contribution in [-0.2, 0) is 16.4 Å². The van der Waals surface area contributed by atoms with Gasteiger partial charge in [-0.05, 0) is 31.5 Å². The Labute approximate surface area is 151 Å². The third kappa shape index (κ3) is 3.92. The van der Waals surface area contributed by atoms with Gasteiger partial charge in [-0.15, -0.1) is 0 Å². The Morgan fingerprint density at radius 2 is 1.85 bits per heavy atom. The van der Waals surface area contributed by atoms with E-state index in [-0.39, 0.29) is 16.0 Å². The average Bonchev–Trinajstić information content (AvgIpc) is 3.00. The number of hydrogen-bond acceptors (Lipinski definition) is 6. The molecular weight excluding hydrogens is 360 g/mol. The normalized spacial score (nSPS) is 11.4. The minimum atomic E-state index is -3.67. The Hall–Kier alpha value is -2.72. The molecule has 0 radical (unpaired) electrons. The average molecular weight is 380 g/mol. The molecule has 0 spiro atoms. The number of benzene rings is 1. The van der Waals surface area contributed by atoms with Crippen LogP contribution in [-0.4, -0.2) is 43.8 Å². The third-order valence-corrected chi connectivity index (χ3v) is 5.47. The molecule has 2 aromatic rings. The summed E-state index contributed by atoms with van der Waals surface area (Å²) in [4.78, 5) is 24.4. The molecule has 2 rings (SSSR count). The minimum absolute atomic E-state index is 0.0235. The van der Waals surface area contributed by atoms with Crippen molar-refractivity contribution < 1.29 is 22.5 Å². The van der Waals surface area contributed by atoms with Crippen LogP contribution in [0.1, 0.15) is 39.1 Å². The number of nitrogens with zero attached hydrogens (tertiary/aromatic N) is 2. The summed E-state index contributed by atoms with van der Waals surface area (Å²) in [7, 11) is -0.874. The largest absolute Gasteiger partial charge is 0.361 e.